The predicted octanol–water partition coefficient (Wildman–Crippen LogP) is 4.94. The molecule has 2 aromatic rings. The maximum atomic E-state index is 13.9. The van der Waals surface area contributed by atoms with Gasteiger partial charge in [-0.2, -0.15) is 0 Å². The van der Waals surface area contributed by atoms with Crippen molar-refractivity contribution in [2.24, 2.45) is 0 Å². The molecule has 2 rings (SSSR count). The molecule has 0 aromatic heterocycles. The Morgan fingerprint density at radius 3 is 2.40 bits per heavy atom. The van der Waals surface area contributed by atoms with E-state index >= 15 is 0 Å². The maximum Gasteiger partial charge on any atom is 0.165 e. The molecule has 0 fully saturated rings. The monoisotopic (exact) mass is 288 g/mol. The van der Waals surface area contributed by atoms with Crippen molar-refractivity contribution in [1.29, 1.82) is 0 Å². The van der Waals surface area contributed by atoms with Gasteiger partial charge in [0.25, 0.3) is 0 Å². The lowest BCUT2D eigenvalue weighted by molar-refractivity contribution is 0.443. The van der Waals surface area contributed by atoms with Gasteiger partial charge in [-0.3, -0.25) is 0 Å². The van der Waals surface area contributed by atoms with Crippen molar-refractivity contribution >= 4 is 13.3 Å². The number of hydrogen-bond donors (Lipinski definition) is 0. The van der Waals surface area contributed by atoms with Gasteiger partial charge >= 0.3 is 0 Å². The molecule has 0 bridgehead atoms. The molecule has 0 spiro atoms. The SMILES string of the molecule is CCC[Si](C)(C)c1ccc(F)c(Oc2ccccc2)c1. The number of ether oxygens (including phenoxy) is 1. The Bertz CT molecular complexity index is 566. The summed E-state index contributed by atoms with van der Waals surface area (Å²) in [4.78, 5) is 0. The van der Waals surface area contributed by atoms with E-state index in [0.717, 1.165) is 6.42 Å². The van der Waals surface area contributed by atoms with Crippen LogP contribution in [-0.2, 0) is 0 Å². The smallest absolute Gasteiger partial charge is 0.165 e. The Balaban J connectivity index is 2.30. The van der Waals surface area contributed by atoms with Crippen LogP contribution >= 0.6 is 0 Å². The fourth-order valence-electron chi connectivity index (χ4n) is 2.39. The molecule has 0 aliphatic carbocycles. The summed E-state index contributed by atoms with van der Waals surface area (Å²) in [7, 11) is -1.50. The second-order valence-corrected chi connectivity index (χ2v) is 10.5. The van der Waals surface area contributed by atoms with Crippen LogP contribution in [0.5, 0.6) is 11.5 Å². The van der Waals surface area contributed by atoms with Gasteiger partial charge in [0.2, 0.25) is 0 Å². The van der Waals surface area contributed by atoms with Crippen molar-refractivity contribution in [3.63, 3.8) is 0 Å². The second-order valence-electron chi connectivity index (χ2n) is 5.69. The average molecular weight is 288 g/mol. The van der Waals surface area contributed by atoms with Crippen LogP contribution in [0, 0.1) is 5.82 Å². The van der Waals surface area contributed by atoms with Gasteiger partial charge < -0.3 is 4.74 Å². The van der Waals surface area contributed by atoms with Gasteiger partial charge in [0, 0.05) is 0 Å². The molecule has 0 amide bonds. The molecule has 0 unspecified atom stereocenters. The Morgan fingerprint density at radius 1 is 1.05 bits per heavy atom. The fraction of sp³-hybridized carbons (Fsp3) is 0.294. The Labute approximate surface area is 121 Å². The first kappa shape index (κ1) is 14.8. The van der Waals surface area contributed by atoms with Crippen LogP contribution in [0.2, 0.25) is 19.1 Å². The fourth-order valence-corrected chi connectivity index (χ4v) is 4.98. The molecule has 20 heavy (non-hydrogen) atoms. The molecule has 0 aliphatic rings. The minimum absolute atomic E-state index is 0.307. The van der Waals surface area contributed by atoms with Crippen molar-refractivity contribution in [2.75, 3.05) is 0 Å². The second kappa shape index (κ2) is 6.22. The third-order valence-electron chi connectivity index (χ3n) is 3.56. The van der Waals surface area contributed by atoms with Crippen molar-refractivity contribution in [2.45, 2.75) is 32.5 Å². The quantitative estimate of drug-likeness (QED) is 0.708. The van der Waals surface area contributed by atoms with E-state index in [1.165, 1.54) is 17.3 Å². The van der Waals surface area contributed by atoms with E-state index in [1.54, 1.807) is 0 Å². The summed E-state index contributed by atoms with van der Waals surface area (Å²) in [5.74, 6) is 0.683. The van der Waals surface area contributed by atoms with Crippen molar-refractivity contribution in [1.82, 2.24) is 0 Å². The molecule has 0 saturated carbocycles. The van der Waals surface area contributed by atoms with E-state index in [-0.39, 0.29) is 5.82 Å². The molecule has 0 atom stereocenters. The van der Waals surface area contributed by atoms with Crippen LogP contribution < -0.4 is 9.92 Å². The van der Waals surface area contributed by atoms with E-state index in [2.05, 4.69) is 20.0 Å². The summed E-state index contributed by atoms with van der Waals surface area (Å²) >= 11 is 0. The molecule has 0 aliphatic heterocycles. The van der Waals surface area contributed by atoms with Gasteiger partial charge in [-0.05, 0) is 24.3 Å². The standard InChI is InChI=1S/C17H21FOSi/c1-4-12-20(2,3)15-10-11-16(18)17(13-15)19-14-8-6-5-7-9-14/h5-11,13H,4,12H2,1-3H3. The first-order valence-corrected chi connectivity index (χ1v) is 10.3. The third-order valence-corrected chi connectivity index (χ3v) is 7.18. The van der Waals surface area contributed by atoms with E-state index < -0.39 is 8.07 Å². The summed E-state index contributed by atoms with van der Waals surface area (Å²) in [6.07, 6.45) is 1.16. The first-order chi connectivity index (χ1) is 9.53. The minimum atomic E-state index is -1.50. The summed E-state index contributed by atoms with van der Waals surface area (Å²) in [6.45, 7) is 6.83. The summed E-state index contributed by atoms with van der Waals surface area (Å²) in [5.41, 5.74) is 0. The first-order valence-electron chi connectivity index (χ1n) is 7.06. The van der Waals surface area contributed by atoms with Gasteiger partial charge in [0.05, 0.1) is 8.07 Å². The molecule has 106 valence electrons. The van der Waals surface area contributed by atoms with E-state index in [9.17, 15) is 4.39 Å². The lowest BCUT2D eigenvalue weighted by Gasteiger charge is -2.23. The zero-order chi connectivity index (χ0) is 14.6. The molecular formula is C17H21FOSi. The van der Waals surface area contributed by atoms with Crippen LogP contribution in [0.4, 0.5) is 4.39 Å². The predicted molar refractivity (Wildman–Crippen MR) is 85.1 cm³/mol. The Kier molecular flexibility index (Phi) is 4.60. The lowest BCUT2D eigenvalue weighted by Crippen LogP contribution is -2.40. The highest BCUT2D eigenvalue weighted by molar-refractivity contribution is 6.89. The highest BCUT2D eigenvalue weighted by Crippen LogP contribution is 2.24. The normalized spacial score (nSPS) is 11.4. The molecule has 1 nitrogen and oxygen atoms in total. The highest BCUT2D eigenvalue weighted by atomic mass is 28.3. The van der Waals surface area contributed by atoms with Crippen molar-refractivity contribution < 1.29 is 9.13 Å². The van der Waals surface area contributed by atoms with Crippen LogP contribution in [0.3, 0.4) is 0 Å². The Morgan fingerprint density at radius 2 is 1.75 bits per heavy atom. The number of halogens is 1. The molecule has 0 N–H and O–H groups in total. The number of para-hydroxylation sites is 1. The van der Waals surface area contributed by atoms with Crippen LogP contribution in [-0.4, -0.2) is 8.07 Å². The Hall–Kier alpha value is -1.61. The highest BCUT2D eigenvalue weighted by Gasteiger charge is 2.23. The number of hydrogen-bond acceptors (Lipinski definition) is 1. The van der Waals surface area contributed by atoms with Crippen molar-refractivity contribution in [3.8, 4) is 11.5 Å². The van der Waals surface area contributed by atoms with Gasteiger partial charge in [0.1, 0.15) is 5.75 Å². The minimum Gasteiger partial charge on any atom is -0.454 e. The number of benzene rings is 2. The molecule has 3 heteroatoms. The summed E-state index contributed by atoms with van der Waals surface area (Å²) in [6, 6.07) is 15.9. The maximum absolute atomic E-state index is 13.9. The van der Waals surface area contributed by atoms with Gasteiger partial charge in [0.15, 0.2) is 11.6 Å². The third kappa shape index (κ3) is 3.48. The summed E-state index contributed by atoms with van der Waals surface area (Å²) in [5, 5.41) is 1.24. The number of rotatable bonds is 5. The lowest BCUT2D eigenvalue weighted by atomic mass is 10.3. The zero-order valence-electron chi connectivity index (χ0n) is 12.3. The van der Waals surface area contributed by atoms with Crippen LogP contribution in [0.25, 0.3) is 0 Å². The topological polar surface area (TPSA) is 9.23 Å². The largest absolute Gasteiger partial charge is 0.454 e. The average Bonchev–Trinajstić information content (AvgIpc) is 2.42. The summed E-state index contributed by atoms with van der Waals surface area (Å²) < 4.78 is 19.6. The molecule has 0 saturated heterocycles. The van der Waals surface area contributed by atoms with E-state index in [4.69, 9.17) is 4.74 Å². The van der Waals surface area contributed by atoms with Gasteiger partial charge in [-0.25, -0.2) is 4.39 Å². The van der Waals surface area contributed by atoms with Gasteiger partial charge in [-0.15, -0.1) is 0 Å². The molecule has 0 radical (unpaired) electrons. The van der Waals surface area contributed by atoms with Crippen molar-refractivity contribution in [3.05, 3.63) is 54.3 Å². The molecular weight excluding hydrogens is 267 g/mol. The zero-order valence-corrected chi connectivity index (χ0v) is 13.3. The molecule has 0 heterocycles. The van der Waals surface area contributed by atoms with Crippen LogP contribution in [0.1, 0.15) is 13.3 Å². The van der Waals surface area contributed by atoms with E-state index in [0.29, 0.717) is 11.5 Å². The van der Waals surface area contributed by atoms with Gasteiger partial charge in [-0.1, -0.05) is 61.9 Å². The molecule has 2 aromatic carbocycles. The van der Waals surface area contributed by atoms with E-state index in [1.807, 2.05) is 42.5 Å². The van der Waals surface area contributed by atoms with Crippen LogP contribution in [0.15, 0.2) is 48.5 Å².